The Balaban J connectivity index is 2.42. The molecule has 1 nitrogen and oxygen atoms in total. The number of thioether (sulfide) groups is 1. The minimum Gasteiger partial charge on any atom is -0.540 e. The molecule has 0 radical (unpaired) electrons. The van der Waals surface area contributed by atoms with Gasteiger partial charge in [0.15, 0.2) is 0 Å². The second kappa shape index (κ2) is 3.67. The molecule has 0 saturated heterocycles. The third-order valence-corrected chi connectivity index (χ3v) is 3.32. The van der Waals surface area contributed by atoms with Crippen LogP contribution in [0.1, 0.15) is 12.8 Å². The van der Waals surface area contributed by atoms with E-state index in [-0.39, 0.29) is 0 Å². The molecule has 0 aromatic carbocycles. The summed E-state index contributed by atoms with van der Waals surface area (Å²) in [6.45, 7) is 6.68. The fraction of sp³-hybridized carbons (Fsp3) is 0.750. The van der Waals surface area contributed by atoms with Gasteiger partial charge in [0.25, 0.3) is 0 Å². The summed E-state index contributed by atoms with van der Waals surface area (Å²) in [6.07, 6.45) is 4.74. The third kappa shape index (κ3) is 3.87. The summed E-state index contributed by atoms with van der Waals surface area (Å²) in [7, 11) is -1.33. The lowest BCUT2D eigenvalue weighted by molar-refractivity contribution is 0.459. The molecule has 0 saturated carbocycles. The molecule has 1 heterocycles. The molecular weight excluding hydrogens is 172 g/mol. The van der Waals surface area contributed by atoms with Crippen LogP contribution in [-0.4, -0.2) is 14.1 Å². The van der Waals surface area contributed by atoms with Gasteiger partial charge in [-0.25, -0.2) is 0 Å². The molecule has 0 aromatic heterocycles. The first kappa shape index (κ1) is 9.20. The number of rotatable bonds is 2. The quantitative estimate of drug-likeness (QED) is 0.615. The number of hydrogen-bond acceptors (Lipinski definition) is 2. The third-order valence-electron chi connectivity index (χ3n) is 1.31. The Bertz CT molecular complexity index is 160. The highest BCUT2D eigenvalue weighted by atomic mass is 32.2. The molecule has 1 rings (SSSR count). The molecular formula is C8H16OSSi. The Morgan fingerprint density at radius 3 is 2.64 bits per heavy atom. The molecule has 64 valence electrons. The first-order valence-corrected chi connectivity index (χ1v) is 8.49. The summed E-state index contributed by atoms with van der Waals surface area (Å²) >= 11 is 1.86. The highest BCUT2D eigenvalue weighted by molar-refractivity contribution is 8.02. The Hall–Kier alpha value is 0.107. The van der Waals surface area contributed by atoms with Gasteiger partial charge in [0.05, 0.1) is 0 Å². The predicted molar refractivity (Wildman–Crippen MR) is 54.2 cm³/mol. The van der Waals surface area contributed by atoms with E-state index in [1.165, 1.54) is 23.7 Å². The lowest BCUT2D eigenvalue weighted by Crippen LogP contribution is -2.24. The maximum atomic E-state index is 5.84. The van der Waals surface area contributed by atoms with Crippen LogP contribution in [0.3, 0.4) is 0 Å². The zero-order valence-corrected chi connectivity index (χ0v) is 9.33. The van der Waals surface area contributed by atoms with Crippen molar-refractivity contribution < 1.29 is 4.43 Å². The fourth-order valence-corrected chi connectivity index (χ4v) is 3.33. The average Bonchev–Trinajstić information content (AvgIpc) is 1.85. The summed E-state index contributed by atoms with van der Waals surface area (Å²) in [5, 5.41) is 1.18. The van der Waals surface area contributed by atoms with Crippen LogP contribution in [0.2, 0.25) is 19.6 Å². The normalized spacial score (nSPS) is 19.4. The minimum atomic E-state index is -1.33. The van der Waals surface area contributed by atoms with Crippen LogP contribution in [0.25, 0.3) is 0 Å². The zero-order chi connectivity index (χ0) is 8.32. The average molecular weight is 188 g/mol. The Morgan fingerprint density at radius 2 is 2.18 bits per heavy atom. The molecule has 3 heteroatoms. The van der Waals surface area contributed by atoms with Gasteiger partial charge in [-0.2, -0.15) is 0 Å². The lowest BCUT2D eigenvalue weighted by atomic mass is 10.3. The van der Waals surface area contributed by atoms with E-state index in [1.54, 1.807) is 0 Å². The fourth-order valence-electron chi connectivity index (χ4n) is 0.908. The second-order valence-electron chi connectivity index (χ2n) is 3.73. The highest BCUT2D eigenvalue weighted by Gasteiger charge is 2.18. The molecule has 0 unspecified atom stereocenters. The van der Waals surface area contributed by atoms with Gasteiger partial charge in [-0.3, -0.25) is 0 Å². The molecule has 0 fully saturated rings. The topological polar surface area (TPSA) is 9.23 Å². The maximum Gasteiger partial charge on any atom is 0.242 e. The highest BCUT2D eigenvalue weighted by Crippen LogP contribution is 2.27. The molecule has 0 atom stereocenters. The predicted octanol–water partition coefficient (Wildman–Crippen LogP) is 3.21. The van der Waals surface area contributed by atoms with Gasteiger partial charge in [0, 0.05) is 5.75 Å². The van der Waals surface area contributed by atoms with E-state index in [2.05, 4.69) is 25.7 Å². The molecule has 11 heavy (non-hydrogen) atoms. The summed E-state index contributed by atoms with van der Waals surface area (Å²) < 4.78 is 5.84. The van der Waals surface area contributed by atoms with Gasteiger partial charge >= 0.3 is 0 Å². The van der Waals surface area contributed by atoms with Gasteiger partial charge < -0.3 is 4.43 Å². The second-order valence-corrected chi connectivity index (χ2v) is 9.26. The lowest BCUT2D eigenvalue weighted by Gasteiger charge is -2.23. The van der Waals surface area contributed by atoms with Gasteiger partial charge in [0.2, 0.25) is 8.32 Å². The first-order valence-electron chi connectivity index (χ1n) is 4.10. The van der Waals surface area contributed by atoms with Crippen LogP contribution < -0.4 is 0 Å². The van der Waals surface area contributed by atoms with Crippen molar-refractivity contribution in [1.82, 2.24) is 0 Å². The summed E-state index contributed by atoms with van der Waals surface area (Å²) in [4.78, 5) is 0. The van der Waals surface area contributed by atoms with Gasteiger partial charge in [-0.05, 0) is 38.6 Å². The van der Waals surface area contributed by atoms with Gasteiger partial charge in [0.1, 0.15) is 5.09 Å². The number of hydrogen-bond donors (Lipinski definition) is 0. The van der Waals surface area contributed by atoms with E-state index in [0.717, 1.165) is 0 Å². The molecule has 0 spiro atoms. The van der Waals surface area contributed by atoms with Crippen molar-refractivity contribution in [3.05, 3.63) is 11.2 Å². The van der Waals surface area contributed by atoms with Crippen LogP contribution in [0, 0.1) is 0 Å². The van der Waals surface area contributed by atoms with E-state index in [0.29, 0.717) is 0 Å². The van der Waals surface area contributed by atoms with Crippen molar-refractivity contribution in [2.24, 2.45) is 0 Å². The van der Waals surface area contributed by atoms with Gasteiger partial charge in [-0.1, -0.05) is 11.8 Å². The first-order chi connectivity index (χ1) is 5.08. The summed E-state index contributed by atoms with van der Waals surface area (Å²) in [5.74, 6) is 1.23. The Kier molecular flexibility index (Phi) is 3.07. The van der Waals surface area contributed by atoms with Crippen LogP contribution in [0.4, 0.5) is 0 Å². The summed E-state index contributed by atoms with van der Waals surface area (Å²) in [6, 6.07) is 0. The van der Waals surface area contributed by atoms with Crippen molar-refractivity contribution in [2.45, 2.75) is 32.5 Å². The van der Waals surface area contributed by atoms with Crippen LogP contribution in [-0.2, 0) is 4.43 Å². The molecule has 0 bridgehead atoms. The van der Waals surface area contributed by atoms with E-state index in [1.807, 2.05) is 11.8 Å². The van der Waals surface area contributed by atoms with Crippen molar-refractivity contribution in [3.63, 3.8) is 0 Å². The monoisotopic (exact) mass is 188 g/mol. The van der Waals surface area contributed by atoms with Crippen LogP contribution in [0.5, 0.6) is 0 Å². The Morgan fingerprint density at radius 1 is 1.45 bits per heavy atom. The van der Waals surface area contributed by atoms with Crippen molar-refractivity contribution in [2.75, 3.05) is 5.75 Å². The van der Waals surface area contributed by atoms with Crippen LogP contribution in [0.15, 0.2) is 11.2 Å². The molecule has 0 N–H and O–H groups in total. The SMILES string of the molecule is C[Si](C)(C)OC1=CCCCS1. The largest absolute Gasteiger partial charge is 0.540 e. The van der Waals surface area contributed by atoms with Crippen molar-refractivity contribution >= 4 is 20.1 Å². The smallest absolute Gasteiger partial charge is 0.242 e. The molecule has 1 aliphatic heterocycles. The van der Waals surface area contributed by atoms with E-state index >= 15 is 0 Å². The zero-order valence-electron chi connectivity index (χ0n) is 7.52. The summed E-state index contributed by atoms with van der Waals surface area (Å²) in [5.41, 5.74) is 0. The van der Waals surface area contributed by atoms with E-state index in [4.69, 9.17) is 4.43 Å². The van der Waals surface area contributed by atoms with Crippen molar-refractivity contribution in [1.29, 1.82) is 0 Å². The number of allylic oxidation sites excluding steroid dienone is 1. The van der Waals surface area contributed by atoms with Gasteiger partial charge in [-0.15, -0.1) is 0 Å². The molecule has 0 amide bonds. The molecule has 0 aromatic rings. The standard InChI is InChI=1S/C8H16OSSi/c1-11(2,3)9-8-6-4-5-7-10-8/h6H,4-5,7H2,1-3H3. The molecule has 0 aliphatic carbocycles. The minimum absolute atomic E-state index is 1.18. The van der Waals surface area contributed by atoms with E-state index in [9.17, 15) is 0 Å². The Labute approximate surface area is 74.3 Å². The van der Waals surface area contributed by atoms with E-state index < -0.39 is 8.32 Å². The van der Waals surface area contributed by atoms with Crippen molar-refractivity contribution in [3.8, 4) is 0 Å². The maximum absolute atomic E-state index is 5.84. The van der Waals surface area contributed by atoms with Crippen LogP contribution >= 0.6 is 11.8 Å². The molecule has 1 aliphatic rings.